The lowest BCUT2D eigenvalue weighted by atomic mass is 10.1. The second kappa shape index (κ2) is 7.79. The molecule has 0 spiro atoms. The van der Waals surface area contributed by atoms with Crippen LogP contribution in [-0.4, -0.2) is 18.6 Å². The van der Waals surface area contributed by atoms with Crippen LogP contribution in [0.15, 0.2) is 42.6 Å². The average molecular weight is 284 g/mol. The Morgan fingerprint density at radius 3 is 2.52 bits per heavy atom. The molecule has 0 radical (unpaired) electrons. The number of nitrogens with zero attached hydrogens (tertiary/aromatic N) is 1. The van der Waals surface area contributed by atoms with Gasteiger partial charge in [0, 0.05) is 18.3 Å². The van der Waals surface area contributed by atoms with Crippen molar-refractivity contribution in [1.82, 2.24) is 10.3 Å². The Morgan fingerprint density at radius 2 is 1.86 bits per heavy atom. The van der Waals surface area contributed by atoms with E-state index in [2.05, 4.69) is 48.4 Å². The third-order valence-electron chi connectivity index (χ3n) is 3.76. The molecule has 1 heterocycles. The number of ether oxygens (including phenoxy) is 1. The van der Waals surface area contributed by atoms with Crippen molar-refractivity contribution < 1.29 is 4.74 Å². The van der Waals surface area contributed by atoms with Crippen molar-refractivity contribution in [1.29, 1.82) is 0 Å². The molecule has 0 unspecified atom stereocenters. The summed E-state index contributed by atoms with van der Waals surface area (Å²) in [5.74, 6) is 0.663. The first-order valence-corrected chi connectivity index (χ1v) is 7.54. The Kier molecular flexibility index (Phi) is 5.76. The van der Waals surface area contributed by atoms with Gasteiger partial charge in [-0.25, -0.2) is 4.98 Å². The molecule has 0 bridgehead atoms. The number of benzene rings is 1. The van der Waals surface area contributed by atoms with Crippen LogP contribution in [0.25, 0.3) is 0 Å². The number of pyridine rings is 1. The molecule has 0 saturated heterocycles. The molecule has 0 aliphatic heterocycles. The quantitative estimate of drug-likeness (QED) is 0.844. The molecule has 1 atom stereocenters. The van der Waals surface area contributed by atoms with E-state index in [9.17, 15) is 0 Å². The SMILES string of the molecule is CCc1ccc(CCN[C@H](C)c2ccnc(OC)c2)cc1. The predicted octanol–water partition coefficient (Wildman–Crippen LogP) is 3.55. The van der Waals surface area contributed by atoms with Gasteiger partial charge in [-0.2, -0.15) is 0 Å². The summed E-state index contributed by atoms with van der Waals surface area (Å²) in [5, 5.41) is 3.54. The Labute approximate surface area is 127 Å². The lowest BCUT2D eigenvalue weighted by molar-refractivity contribution is 0.396. The molecule has 0 amide bonds. The minimum Gasteiger partial charge on any atom is -0.481 e. The average Bonchev–Trinajstić information content (AvgIpc) is 2.55. The van der Waals surface area contributed by atoms with Gasteiger partial charge in [-0.1, -0.05) is 31.2 Å². The van der Waals surface area contributed by atoms with Gasteiger partial charge in [0.1, 0.15) is 0 Å². The topological polar surface area (TPSA) is 34.2 Å². The highest BCUT2D eigenvalue weighted by Crippen LogP contribution is 2.16. The normalized spacial score (nSPS) is 12.1. The number of rotatable bonds is 7. The summed E-state index contributed by atoms with van der Waals surface area (Å²) in [5.41, 5.74) is 3.96. The summed E-state index contributed by atoms with van der Waals surface area (Å²) in [6.07, 6.45) is 3.92. The van der Waals surface area contributed by atoms with Gasteiger partial charge in [-0.15, -0.1) is 0 Å². The second-order valence-electron chi connectivity index (χ2n) is 5.23. The minimum absolute atomic E-state index is 0.289. The van der Waals surface area contributed by atoms with Crippen LogP contribution in [-0.2, 0) is 12.8 Å². The van der Waals surface area contributed by atoms with E-state index >= 15 is 0 Å². The smallest absolute Gasteiger partial charge is 0.213 e. The summed E-state index contributed by atoms with van der Waals surface area (Å²) in [6.45, 7) is 5.30. The molecular weight excluding hydrogens is 260 g/mol. The van der Waals surface area contributed by atoms with Crippen molar-refractivity contribution in [3.63, 3.8) is 0 Å². The van der Waals surface area contributed by atoms with Gasteiger partial charge in [-0.05, 0) is 49.1 Å². The van der Waals surface area contributed by atoms with Crippen LogP contribution >= 0.6 is 0 Å². The van der Waals surface area contributed by atoms with Gasteiger partial charge in [0.25, 0.3) is 0 Å². The fourth-order valence-corrected chi connectivity index (χ4v) is 2.30. The lowest BCUT2D eigenvalue weighted by Gasteiger charge is -2.14. The molecule has 1 aromatic carbocycles. The molecule has 3 nitrogen and oxygen atoms in total. The van der Waals surface area contributed by atoms with Crippen LogP contribution in [0.2, 0.25) is 0 Å². The molecule has 1 N–H and O–H groups in total. The standard InChI is InChI=1S/C18H24N2O/c1-4-15-5-7-16(8-6-15)9-11-19-14(2)17-10-12-20-18(13-17)21-3/h5-8,10,12-14,19H,4,9,11H2,1-3H3/t14-/m1/s1. The maximum atomic E-state index is 5.16. The van der Waals surface area contributed by atoms with Gasteiger partial charge >= 0.3 is 0 Å². The van der Waals surface area contributed by atoms with E-state index in [-0.39, 0.29) is 6.04 Å². The zero-order valence-electron chi connectivity index (χ0n) is 13.1. The molecule has 21 heavy (non-hydrogen) atoms. The lowest BCUT2D eigenvalue weighted by Crippen LogP contribution is -2.21. The van der Waals surface area contributed by atoms with Crippen molar-refractivity contribution in [3.8, 4) is 5.88 Å². The molecule has 0 aliphatic rings. The summed E-state index contributed by atoms with van der Waals surface area (Å²) in [6, 6.07) is 13.2. The van der Waals surface area contributed by atoms with Crippen molar-refractivity contribution in [3.05, 3.63) is 59.3 Å². The Morgan fingerprint density at radius 1 is 1.14 bits per heavy atom. The molecular formula is C18H24N2O. The molecule has 112 valence electrons. The molecule has 0 fully saturated rings. The first-order valence-electron chi connectivity index (χ1n) is 7.54. The van der Waals surface area contributed by atoms with Gasteiger partial charge in [-0.3, -0.25) is 0 Å². The van der Waals surface area contributed by atoms with Gasteiger partial charge in [0.15, 0.2) is 0 Å². The fourth-order valence-electron chi connectivity index (χ4n) is 2.30. The number of hydrogen-bond donors (Lipinski definition) is 1. The predicted molar refractivity (Wildman–Crippen MR) is 86.7 cm³/mol. The maximum Gasteiger partial charge on any atom is 0.213 e. The molecule has 3 heteroatoms. The highest BCUT2D eigenvalue weighted by atomic mass is 16.5. The Bertz CT molecular complexity index is 551. The largest absolute Gasteiger partial charge is 0.481 e. The first-order chi connectivity index (χ1) is 10.2. The zero-order valence-corrected chi connectivity index (χ0v) is 13.1. The third kappa shape index (κ3) is 4.57. The summed E-state index contributed by atoms with van der Waals surface area (Å²) >= 11 is 0. The molecule has 2 aromatic rings. The minimum atomic E-state index is 0.289. The summed E-state index contributed by atoms with van der Waals surface area (Å²) in [7, 11) is 1.64. The second-order valence-corrected chi connectivity index (χ2v) is 5.23. The van der Waals surface area contributed by atoms with Gasteiger partial charge < -0.3 is 10.1 Å². The number of hydrogen-bond acceptors (Lipinski definition) is 3. The van der Waals surface area contributed by atoms with Crippen LogP contribution in [0.1, 0.15) is 36.6 Å². The number of aryl methyl sites for hydroxylation is 1. The van der Waals surface area contributed by atoms with Crippen LogP contribution in [0.5, 0.6) is 5.88 Å². The van der Waals surface area contributed by atoms with Crippen LogP contribution in [0.3, 0.4) is 0 Å². The van der Waals surface area contributed by atoms with Crippen molar-refractivity contribution in [2.75, 3.05) is 13.7 Å². The summed E-state index contributed by atoms with van der Waals surface area (Å²) < 4.78 is 5.16. The van der Waals surface area contributed by atoms with Crippen LogP contribution < -0.4 is 10.1 Å². The fraction of sp³-hybridized carbons (Fsp3) is 0.389. The van der Waals surface area contributed by atoms with E-state index in [4.69, 9.17) is 4.74 Å². The number of nitrogens with one attached hydrogen (secondary N) is 1. The van der Waals surface area contributed by atoms with E-state index in [0.29, 0.717) is 5.88 Å². The highest BCUT2D eigenvalue weighted by molar-refractivity contribution is 5.24. The Balaban J connectivity index is 1.84. The van der Waals surface area contributed by atoms with Crippen molar-refractivity contribution >= 4 is 0 Å². The van der Waals surface area contributed by atoms with E-state index < -0.39 is 0 Å². The maximum absolute atomic E-state index is 5.16. The molecule has 0 saturated carbocycles. The summed E-state index contributed by atoms with van der Waals surface area (Å²) in [4.78, 5) is 4.13. The van der Waals surface area contributed by atoms with Crippen molar-refractivity contribution in [2.24, 2.45) is 0 Å². The highest BCUT2D eigenvalue weighted by Gasteiger charge is 2.06. The first kappa shape index (κ1) is 15.5. The van der Waals surface area contributed by atoms with E-state index in [1.165, 1.54) is 16.7 Å². The monoisotopic (exact) mass is 284 g/mol. The van der Waals surface area contributed by atoms with Crippen molar-refractivity contribution in [2.45, 2.75) is 32.7 Å². The number of aromatic nitrogens is 1. The molecule has 0 aliphatic carbocycles. The zero-order chi connectivity index (χ0) is 15.1. The Hall–Kier alpha value is -1.87. The van der Waals surface area contributed by atoms with E-state index in [1.54, 1.807) is 13.3 Å². The number of methoxy groups -OCH3 is 1. The van der Waals surface area contributed by atoms with Crippen LogP contribution in [0, 0.1) is 0 Å². The third-order valence-corrected chi connectivity index (χ3v) is 3.76. The van der Waals surface area contributed by atoms with Gasteiger partial charge in [0.2, 0.25) is 5.88 Å². The van der Waals surface area contributed by atoms with E-state index in [1.807, 2.05) is 12.1 Å². The molecule has 1 aromatic heterocycles. The van der Waals surface area contributed by atoms with Gasteiger partial charge in [0.05, 0.1) is 7.11 Å². The van der Waals surface area contributed by atoms with Crippen LogP contribution in [0.4, 0.5) is 0 Å². The van der Waals surface area contributed by atoms with E-state index in [0.717, 1.165) is 19.4 Å². The molecule has 2 rings (SSSR count).